The third-order valence-corrected chi connectivity index (χ3v) is 3.04. The van der Waals surface area contributed by atoms with Crippen LogP contribution in [0.1, 0.15) is 10.5 Å². The lowest BCUT2D eigenvalue weighted by atomic mass is 10.3. The first-order valence-corrected chi connectivity index (χ1v) is 5.85. The number of carbonyl (C=O) groups is 1. The Hall–Kier alpha value is -2.48. The maximum absolute atomic E-state index is 10.8. The molecule has 0 aliphatic heterocycles. The van der Waals surface area contributed by atoms with Gasteiger partial charge >= 0.3 is 5.97 Å². The first kappa shape index (κ1) is 13.0. The van der Waals surface area contributed by atoms with Crippen LogP contribution in [0, 0.1) is 10.1 Å². The van der Waals surface area contributed by atoms with Crippen LogP contribution in [0.4, 0.5) is 5.69 Å². The molecular formula is C11H7N3O4S. The van der Waals surface area contributed by atoms with Crippen molar-refractivity contribution in [2.45, 2.75) is 9.92 Å². The highest BCUT2D eigenvalue weighted by Gasteiger charge is 2.08. The van der Waals surface area contributed by atoms with Crippen molar-refractivity contribution in [2.24, 2.45) is 0 Å². The van der Waals surface area contributed by atoms with Crippen molar-refractivity contribution in [2.75, 3.05) is 0 Å². The number of hydrogen-bond acceptors (Lipinski definition) is 6. The second-order valence-electron chi connectivity index (χ2n) is 3.40. The molecule has 2 rings (SSSR count). The summed E-state index contributed by atoms with van der Waals surface area (Å²) in [6, 6.07) is 5.90. The molecule has 0 spiro atoms. The number of rotatable bonds is 4. The normalized spacial score (nSPS) is 10.1. The highest BCUT2D eigenvalue weighted by molar-refractivity contribution is 7.99. The second kappa shape index (κ2) is 5.44. The van der Waals surface area contributed by atoms with E-state index in [-0.39, 0.29) is 11.4 Å². The van der Waals surface area contributed by atoms with E-state index in [1.54, 1.807) is 6.07 Å². The van der Waals surface area contributed by atoms with Gasteiger partial charge in [-0.15, -0.1) is 0 Å². The molecule has 2 aromatic rings. The molecule has 1 N–H and O–H groups in total. The number of nitro groups is 1. The van der Waals surface area contributed by atoms with E-state index < -0.39 is 10.9 Å². The minimum atomic E-state index is -1.11. The van der Waals surface area contributed by atoms with Crippen LogP contribution in [0.25, 0.3) is 0 Å². The lowest BCUT2D eigenvalue weighted by Gasteiger charge is -2.01. The minimum absolute atomic E-state index is 0.0630. The van der Waals surface area contributed by atoms with Gasteiger partial charge in [0, 0.05) is 17.2 Å². The van der Waals surface area contributed by atoms with Gasteiger partial charge in [0.2, 0.25) is 0 Å². The number of nitrogens with zero attached hydrogens (tertiary/aromatic N) is 3. The molecule has 8 heteroatoms. The van der Waals surface area contributed by atoms with Crippen molar-refractivity contribution < 1.29 is 14.8 Å². The predicted octanol–water partition coefficient (Wildman–Crippen LogP) is 2.23. The Balaban J connectivity index is 2.19. The Kier molecular flexibility index (Phi) is 3.71. The van der Waals surface area contributed by atoms with Gasteiger partial charge in [-0.3, -0.25) is 10.1 Å². The summed E-state index contributed by atoms with van der Waals surface area (Å²) >= 11 is 1.20. The average molecular weight is 277 g/mol. The zero-order valence-corrected chi connectivity index (χ0v) is 10.2. The number of aromatic nitrogens is 2. The Labute approximate surface area is 111 Å². The van der Waals surface area contributed by atoms with E-state index in [2.05, 4.69) is 9.97 Å². The number of hydrogen-bond donors (Lipinski definition) is 1. The lowest BCUT2D eigenvalue weighted by Crippen LogP contribution is -1.99. The first-order valence-electron chi connectivity index (χ1n) is 5.04. The van der Waals surface area contributed by atoms with Crippen molar-refractivity contribution in [3.05, 3.63) is 52.5 Å². The quantitative estimate of drug-likeness (QED) is 0.674. The molecule has 0 fully saturated rings. The largest absolute Gasteiger partial charge is 0.477 e. The molecule has 0 radical (unpaired) electrons. The Morgan fingerprint density at radius 3 is 2.68 bits per heavy atom. The molecule has 2 heterocycles. The summed E-state index contributed by atoms with van der Waals surface area (Å²) in [5, 5.41) is 19.8. The van der Waals surface area contributed by atoms with E-state index >= 15 is 0 Å². The zero-order chi connectivity index (χ0) is 13.8. The molecule has 0 aliphatic rings. The highest BCUT2D eigenvalue weighted by atomic mass is 32.2. The van der Waals surface area contributed by atoms with Crippen LogP contribution in [-0.4, -0.2) is 26.0 Å². The van der Waals surface area contributed by atoms with Gasteiger partial charge < -0.3 is 5.11 Å². The zero-order valence-electron chi connectivity index (χ0n) is 9.39. The third-order valence-electron chi connectivity index (χ3n) is 2.10. The fraction of sp³-hybridized carbons (Fsp3) is 0. The molecule has 0 unspecified atom stereocenters. The van der Waals surface area contributed by atoms with Crippen LogP contribution < -0.4 is 0 Å². The minimum Gasteiger partial charge on any atom is -0.477 e. The number of pyridine rings is 2. The first-order chi connectivity index (χ1) is 9.06. The monoisotopic (exact) mass is 277 g/mol. The lowest BCUT2D eigenvalue weighted by molar-refractivity contribution is -0.385. The van der Waals surface area contributed by atoms with Gasteiger partial charge in [0.1, 0.15) is 16.9 Å². The maximum Gasteiger partial charge on any atom is 0.354 e. The highest BCUT2D eigenvalue weighted by Crippen LogP contribution is 2.26. The van der Waals surface area contributed by atoms with Crippen molar-refractivity contribution in [1.29, 1.82) is 0 Å². The molecule has 96 valence electrons. The summed E-state index contributed by atoms with van der Waals surface area (Å²) in [6.07, 6.45) is 2.54. The predicted molar refractivity (Wildman–Crippen MR) is 66.2 cm³/mol. The molecule has 0 atom stereocenters. The molecule has 7 nitrogen and oxygen atoms in total. The van der Waals surface area contributed by atoms with Gasteiger partial charge in [0.25, 0.3) is 5.69 Å². The summed E-state index contributed by atoms with van der Waals surface area (Å²) < 4.78 is 0. The van der Waals surface area contributed by atoms with Gasteiger partial charge in [-0.25, -0.2) is 14.8 Å². The topological polar surface area (TPSA) is 106 Å². The van der Waals surface area contributed by atoms with Crippen molar-refractivity contribution in [3.8, 4) is 0 Å². The molecule has 2 aromatic heterocycles. The fourth-order valence-electron chi connectivity index (χ4n) is 1.25. The van der Waals surface area contributed by atoms with Crippen LogP contribution in [0.3, 0.4) is 0 Å². The summed E-state index contributed by atoms with van der Waals surface area (Å²) in [5.41, 5.74) is -0.155. The molecule has 19 heavy (non-hydrogen) atoms. The van der Waals surface area contributed by atoms with E-state index in [1.807, 2.05) is 0 Å². The van der Waals surface area contributed by atoms with Gasteiger partial charge in [0.05, 0.1) is 4.92 Å². The van der Waals surface area contributed by atoms with Gasteiger partial charge in [0.15, 0.2) is 0 Å². The van der Waals surface area contributed by atoms with Gasteiger partial charge in [-0.05, 0) is 18.2 Å². The number of carboxylic acid groups (broad SMARTS) is 1. The van der Waals surface area contributed by atoms with Crippen LogP contribution in [0.5, 0.6) is 0 Å². The Morgan fingerprint density at radius 1 is 1.32 bits per heavy atom. The van der Waals surface area contributed by atoms with Crippen molar-refractivity contribution in [1.82, 2.24) is 9.97 Å². The molecular weight excluding hydrogens is 270 g/mol. The molecule has 0 saturated carbocycles. The van der Waals surface area contributed by atoms with E-state index in [9.17, 15) is 14.9 Å². The Bertz CT molecular complexity index is 630. The van der Waals surface area contributed by atoms with E-state index in [0.717, 1.165) is 6.20 Å². The molecule has 0 aromatic carbocycles. The van der Waals surface area contributed by atoms with Crippen LogP contribution in [0.2, 0.25) is 0 Å². The average Bonchev–Trinajstić information content (AvgIpc) is 2.39. The summed E-state index contributed by atoms with van der Waals surface area (Å²) in [7, 11) is 0. The van der Waals surface area contributed by atoms with E-state index in [0.29, 0.717) is 9.92 Å². The van der Waals surface area contributed by atoms with E-state index in [1.165, 1.54) is 36.2 Å². The standard InChI is InChI=1S/C11H7N3O4S/c15-11(16)9-5-8(3-4-12-9)19-10-2-1-7(6-13-10)14(17)18/h1-6H,(H,15,16). The Morgan fingerprint density at radius 2 is 2.11 bits per heavy atom. The fourth-order valence-corrected chi connectivity index (χ4v) is 2.04. The number of aromatic carboxylic acids is 1. The summed E-state index contributed by atoms with van der Waals surface area (Å²) in [6.45, 7) is 0. The van der Waals surface area contributed by atoms with E-state index in [4.69, 9.17) is 5.11 Å². The summed E-state index contributed by atoms with van der Waals surface area (Å²) in [4.78, 5) is 29.0. The second-order valence-corrected chi connectivity index (χ2v) is 4.49. The van der Waals surface area contributed by atoms with Crippen molar-refractivity contribution >= 4 is 23.4 Å². The smallest absolute Gasteiger partial charge is 0.354 e. The van der Waals surface area contributed by atoms with Gasteiger partial charge in [-0.1, -0.05) is 11.8 Å². The van der Waals surface area contributed by atoms with Crippen LogP contribution >= 0.6 is 11.8 Å². The molecule has 0 saturated heterocycles. The maximum atomic E-state index is 10.8. The summed E-state index contributed by atoms with van der Waals surface area (Å²) in [5.74, 6) is -1.11. The van der Waals surface area contributed by atoms with Gasteiger partial charge in [-0.2, -0.15) is 0 Å². The van der Waals surface area contributed by atoms with Crippen molar-refractivity contribution in [3.63, 3.8) is 0 Å². The van der Waals surface area contributed by atoms with Crippen LogP contribution in [-0.2, 0) is 0 Å². The molecule has 0 amide bonds. The molecule has 0 bridgehead atoms. The third kappa shape index (κ3) is 3.26. The molecule has 0 aliphatic carbocycles. The number of carboxylic acids is 1. The van der Waals surface area contributed by atoms with Crippen LogP contribution in [0.15, 0.2) is 46.6 Å². The SMILES string of the molecule is O=C(O)c1cc(Sc2ccc([N+](=O)[O-])cn2)ccn1.